The van der Waals surface area contributed by atoms with Crippen LogP contribution in [0.3, 0.4) is 0 Å². The van der Waals surface area contributed by atoms with Crippen LogP contribution >= 0.6 is 15.9 Å². The first-order valence-electron chi connectivity index (χ1n) is 6.23. The third-order valence-corrected chi connectivity index (χ3v) is 4.66. The van der Waals surface area contributed by atoms with Crippen LogP contribution in [0.4, 0.5) is 5.69 Å². The molecule has 1 aromatic rings. The Kier molecular flexibility index (Phi) is 4.27. The van der Waals surface area contributed by atoms with Gasteiger partial charge in [0.25, 0.3) is 5.91 Å². The van der Waals surface area contributed by atoms with Crippen molar-refractivity contribution < 1.29 is 14.5 Å². The number of nitrogens with zero attached hydrogens (tertiary/aromatic N) is 1. The van der Waals surface area contributed by atoms with Crippen LogP contribution < -0.4 is 10.1 Å². The summed E-state index contributed by atoms with van der Waals surface area (Å²) in [5.41, 5.74) is -0.261. The zero-order valence-corrected chi connectivity index (χ0v) is 12.6. The molecule has 0 heterocycles. The monoisotopic (exact) mass is 342 g/mol. The Morgan fingerprint density at radius 3 is 2.70 bits per heavy atom. The fourth-order valence-electron chi connectivity index (χ4n) is 2.27. The molecule has 0 atom stereocenters. The van der Waals surface area contributed by atoms with E-state index >= 15 is 0 Å². The van der Waals surface area contributed by atoms with Crippen molar-refractivity contribution in [3.63, 3.8) is 0 Å². The number of methoxy groups -OCH3 is 1. The van der Waals surface area contributed by atoms with Crippen molar-refractivity contribution in [2.45, 2.75) is 24.8 Å². The first-order valence-corrected chi connectivity index (χ1v) is 7.35. The molecule has 20 heavy (non-hydrogen) atoms. The highest BCUT2D eigenvalue weighted by Gasteiger charge is 2.38. The molecular formula is C13H15BrN2O4. The lowest BCUT2D eigenvalue weighted by Crippen LogP contribution is -2.54. The molecule has 1 fully saturated rings. The first-order chi connectivity index (χ1) is 9.53. The maximum absolute atomic E-state index is 12.3. The SMILES string of the molecule is COc1c(C(=O)NC2(CBr)CCC2)cccc1[N+](=O)[O-]. The van der Waals surface area contributed by atoms with Crippen LogP contribution in [0.25, 0.3) is 0 Å². The Bertz CT molecular complexity index is 538. The molecule has 2 rings (SSSR count). The fourth-order valence-corrected chi connectivity index (χ4v) is 2.97. The molecule has 0 bridgehead atoms. The van der Waals surface area contributed by atoms with Crippen LogP contribution in [0.1, 0.15) is 29.6 Å². The molecular weight excluding hydrogens is 328 g/mol. The predicted molar refractivity (Wildman–Crippen MR) is 77.5 cm³/mol. The van der Waals surface area contributed by atoms with Gasteiger partial charge in [-0.1, -0.05) is 22.0 Å². The van der Waals surface area contributed by atoms with Crippen molar-refractivity contribution in [1.29, 1.82) is 0 Å². The van der Waals surface area contributed by atoms with Gasteiger partial charge in [-0.05, 0) is 25.3 Å². The van der Waals surface area contributed by atoms with Crippen LogP contribution in [-0.4, -0.2) is 28.8 Å². The fraction of sp³-hybridized carbons (Fsp3) is 0.462. The summed E-state index contributed by atoms with van der Waals surface area (Å²) in [6.07, 6.45) is 2.88. The largest absolute Gasteiger partial charge is 0.490 e. The van der Waals surface area contributed by atoms with Crippen molar-refractivity contribution in [3.05, 3.63) is 33.9 Å². The summed E-state index contributed by atoms with van der Waals surface area (Å²) >= 11 is 3.40. The number of carbonyl (C=O) groups excluding carboxylic acids is 1. The molecule has 1 aromatic carbocycles. The number of carbonyl (C=O) groups is 1. The van der Waals surface area contributed by atoms with Gasteiger partial charge in [0.05, 0.1) is 23.1 Å². The maximum atomic E-state index is 12.3. The van der Waals surface area contributed by atoms with E-state index in [1.807, 2.05) is 0 Å². The summed E-state index contributed by atoms with van der Waals surface area (Å²) in [6, 6.07) is 4.33. The summed E-state index contributed by atoms with van der Waals surface area (Å²) in [7, 11) is 1.32. The van der Waals surface area contributed by atoms with E-state index in [1.54, 1.807) is 0 Å². The predicted octanol–water partition coefficient (Wildman–Crippen LogP) is 2.65. The number of hydrogen-bond acceptors (Lipinski definition) is 4. The first kappa shape index (κ1) is 14.8. The number of para-hydroxylation sites is 1. The number of ether oxygens (including phenoxy) is 1. The third kappa shape index (κ3) is 2.63. The van der Waals surface area contributed by atoms with Crippen LogP contribution in [0.2, 0.25) is 0 Å². The number of nitro benzene ring substituents is 1. The van der Waals surface area contributed by atoms with Crippen LogP contribution in [0.5, 0.6) is 5.75 Å². The topological polar surface area (TPSA) is 81.5 Å². The lowest BCUT2D eigenvalue weighted by Gasteiger charge is -2.41. The van der Waals surface area contributed by atoms with Gasteiger partial charge in [-0.15, -0.1) is 0 Å². The van der Waals surface area contributed by atoms with Crippen molar-refractivity contribution >= 4 is 27.5 Å². The quantitative estimate of drug-likeness (QED) is 0.506. The Morgan fingerprint density at radius 1 is 1.55 bits per heavy atom. The van der Waals surface area contributed by atoms with E-state index in [4.69, 9.17) is 4.74 Å². The molecule has 0 unspecified atom stereocenters. The number of amides is 1. The standard InChI is InChI=1S/C13H15BrN2O4/c1-20-11-9(4-2-5-10(11)16(18)19)12(17)15-13(8-14)6-3-7-13/h2,4-5H,3,6-8H2,1H3,(H,15,17). The molecule has 0 aromatic heterocycles. The van der Waals surface area contributed by atoms with Crippen LogP contribution in [-0.2, 0) is 0 Å². The number of rotatable bonds is 5. The minimum absolute atomic E-state index is 0.000883. The molecule has 1 aliphatic rings. The Hall–Kier alpha value is -1.63. The van der Waals surface area contributed by atoms with E-state index < -0.39 is 4.92 Å². The zero-order valence-electron chi connectivity index (χ0n) is 11.0. The highest BCUT2D eigenvalue weighted by Crippen LogP contribution is 2.35. The Balaban J connectivity index is 2.30. The van der Waals surface area contributed by atoms with Crippen molar-refractivity contribution in [1.82, 2.24) is 5.32 Å². The van der Waals surface area contributed by atoms with E-state index in [-0.39, 0.29) is 28.4 Å². The average Bonchev–Trinajstić information content (AvgIpc) is 2.41. The summed E-state index contributed by atoms with van der Waals surface area (Å²) in [5.74, 6) is -0.344. The minimum Gasteiger partial charge on any atom is -0.490 e. The molecule has 1 saturated carbocycles. The van der Waals surface area contributed by atoms with Gasteiger partial charge in [0.15, 0.2) is 0 Å². The second kappa shape index (κ2) is 5.78. The summed E-state index contributed by atoms with van der Waals surface area (Å²) in [4.78, 5) is 22.7. The summed E-state index contributed by atoms with van der Waals surface area (Å²) < 4.78 is 5.04. The van der Waals surface area contributed by atoms with Crippen molar-refractivity contribution in [2.75, 3.05) is 12.4 Å². The number of nitro groups is 1. The van der Waals surface area contributed by atoms with Gasteiger partial charge in [0, 0.05) is 11.4 Å². The molecule has 1 N–H and O–H groups in total. The summed E-state index contributed by atoms with van der Waals surface area (Å²) in [6.45, 7) is 0. The number of hydrogen-bond donors (Lipinski definition) is 1. The molecule has 1 amide bonds. The second-order valence-corrected chi connectivity index (χ2v) is 5.40. The second-order valence-electron chi connectivity index (χ2n) is 4.84. The van der Waals surface area contributed by atoms with E-state index in [0.717, 1.165) is 19.3 Å². The van der Waals surface area contributed by atoms with Crippen LogP contribution in [0, 0.1) is 10.1 Å². The molecule has 0 spiro atoms. The van der Waals surface area contributed by atoms with Gasteiger partial charge in [-0.25, -0.2) is 0 Å². The lowest BCUT2D eigenvalue weighted by molar-refractivity contribution is -0.385. The number of benzene rings is 1. The zero-order chi connectivity index (χ0) is 14.8. The minimum atomic E-state index is -0.556. The number of nitrogens with one attached hydrogen (secondary N) is 1. The highest BCUT2D eigenvalue weighted by molar-refractivity contribution is 9.09. The van der Waals surface area contributed by atoms with Crippen molar-refractivity contribution in [3.8, 4) is 5.75 Å². The average molecular weight is 343 g/mol. The van der Waals surface area contributed by atoms with Gasteiger partial charge in [-0.3, -0.25) is 14.9 Å². The van der Waals surface area contributed by atoms with E-state index in [1.165, 1.54) is 25.3 Å². The summed E-state index contributed by atoms with van der Waals surface area (Å²) in [5, 5.41) is 14.6. The van der Waals surface area contributed by atoms with E-state index in [9.17, 15) is 14.9 Å². The molecule has 0 radical (unpaired) electrons. The van der Waals surface area contributed by atoms with Crippen molar-refractivity contribution in [2.24, 2.45) is 0 Å². The number of alkyl halides is 1. The lowest BCUT2D eigenvalue weighted by atomic mass is 9.78. The third-order valence-electron chi connectivity index (χ3n) is 3.58. The molecule has 0 saturated heterocycles. The normalized spacial score (nSPS) is 16.1. The molecule has 108 valence electrons. The van der Waals surface area contributed by atoms with E-state index in [0.29, 0.717) is 5.33 Å². The molecule has 0 aliphatic heterocycles. The molecule has 7 heteroatoms. The van der Waals surface area contributed by atoms with Gasteiger partial charge in [0.1, 0.15) is 0 Å². The molecule has 6 nitrogen and oxygen atoms in total. The van der Waals surface area contributed by atoms with Gasteiger partial charge < -0.3 is 10.1 Å². The van der Waals surface area contributed by atoms with Gasteiger partial charge in [0.2, 0.25) is 5.75 Å². The van der Waals surface area contributed by atoms with E-state index in [2.05, 4.69) is 21.2 Å². The maximum Gasteiger partial charge on any atom is 0.311 e. The molecule has 1 aliphatic carbocycles. The highest BCUT2D eigenvalue weighted by atomic mass is 79.9. The Morgan fingerprint density at radius 2 is 2.25 bits per heavy atom. The van der Waals surface area contributed by atoms with Gasteiger partial charge in [-0.2, -0.15) is 0 Å². The van der Waals surface area contributed by atoms with Crippen LogP contribution in [0.15, 0.2) is 18.2 Å². The smallest absolute Gasteiger partial charge is 0.311 e. The number of halogens is 1. The Labute approximate surface area is 124 Å². The van der Waals surface area contributed by atoms with Gasteiger partial charge >= 0.3 is 5.69 Å².